The van der Waals surface area contributed by atoms with Gasteiger partial charge in [-0.25, -0.2) is 0 Å². The molecular formula is C16H18O3. The highest BCUT2D eigenvalue weighted by atomic mass is 16.5. The first kappa shape index (κ1) is 13.4. The Morgan fingerprint density at radius 1 is 1.05 bits per heavy atom. The van der Waals surface area contributed by atoms with E-state index in [4.69, 9.17) is 9.47 Å². The second-order valence-electron chi connectivity index (χ2n) is 4.12. The number of rotatable bonds is 5. The summed E-state index contributed by atoms with van der Waals surface area (Å²) in [4.78, 5) is 0. The normalized spacial score (nSPS) is 11.9. The van der Waals surface area contributed by atoms with Gasteiger partial charge in [0.05, 0.1) is 13.7 Å². The highest BCUT2D eigenvalue weighted by molar-refractivity contribution is 5.49. The third kappa shape index (κ3) is 2.88. The second kappa shape index (κ2) is 6.25. The van der Waals surface area contributed by atoms with Gasteiger partial charge in [0.15, 0.2) is 11.5 Å². The summed E-state index contributed by atoms with van der Waals surface area (Å²) < 4.78 is 10.9. The Labute approximate surface area is 113 Å². The predicted octanol–water partition coefficient (Wildman–Crippen LogP) is 3.18. The molecule has 0 bridgehead atoms. The predicted molar refractivity (Wildman–Crippen MR) is 74.7 cm³/mol. The molecule has 0 fully saturated rings. The number of methoxy groups -OCH3 is 1. The number of aliphatic hydroxyl groups excluding tert-OH is 1. The van der Waals surface area contributed by atoms with Crippen molar-refractivity contribution in [2.75, 3.05) is 13.7 Å². The number of para-hydroxylation sites is 1. The standard InChI is InChI=1S/C16H18O3/c1-3-19-14-11-7-10-13(16(14)18-2)15(17)12-8-5-4-6-9-12/h4-11,15,17H,3H2,1-2H3. The van der Waals surface area contributed by atoms with E-state index in [0.29, 0.717) is 23.7 Å². The molecule has 100 valence electrons. The number of aliphatic hydroxyl groups is 1. The maximum atomic E-state index is 10.5. The first-order valence-electron chi connectivity index (χ1n) is 6.30. The molecule has 0 heterocycles. The van der Waals surface area contributed by atoms with Gasteiger partial charge in [0.25, 0.3) is 0 Å². The Kier molecular flexibility index (Phi) is 4.42. The summed E-state index contributed by atoms with van der Waals surface area (Å²) in [5.74, 6) is 1.23. The molecule has 0 aliphatic carbocycles. The molecule has 0 amide bonds. The van der Waals surface area contributed by atoms with E-state index in [2.05, 4.69) is 0 Å². The van der Waals surface area contributed by atoms with Gasteiger partial charge < -0.3 is 14.6 Å². The minimum Gasteiger partial charge on any atom is -0.492 e. The average molecular weight is 258 g/mol. The Balaban J connectivity index is 2.41. The van der Waals surface area contributed by atoms with Gasteiger partial charge in [-0.1, -0.05) is 42.5 Å². The van der Waals surface area contributed by atoms with E-state index in [1.165, 1.54) is 0 Å². The Hall–Kier alpha value is -2.00. The SMILES string of the molecule is CCOc1cccc(C(O)c2ccccc2)c1OC. The van der Waals surface area contributed by atoms with Crippen molar-refractivity contribution in [2.24, 2.45) is 0 Å². The zero-order chi connectivity index (χ0) is 13.7. The Morgan fingerprint density at radius 3 is 2.42 bits per heavy atom. The largest absolute Gasteiger partial charge is 0.492 e. The van der Waals surface area contributed by atoms with Crippen LogP contribution in [0.1, 0.15) is 24.2 Å². The smallest absolute Gasteiger partial charge is 0.166 e. The molecule has 0 aliphatic heterocycles. The lowest BCUT2D eigenvalue weighted by Crippen LogP contribution is -2.04. The number of hydrogen-bond donors (Lipinski definition) is 1. The Morgan fingerprint density at radius 2 is 1.79 bits per heavy atom. The fourth-order valence-electron chi connectivity index (χ4n) is 2.05. The average Bonchev–Trinajstić information content (AvgIpc) is 2.47. The molecule has 0 saturated carbocycles. The lowest BCUT2D eigenvalue weighted by molar-refractivity contribution is 0.212. The molecule has 1 unspecified atom stereocenters. The van der Waals surface area contributed by atoms with Crippen LogP contribution in [0.15, 0.2) is 48.5 Å². The first-order valence-corrected chi connectivity index (χ1v) is 6.30. The number of hydrogen-bond acceptors (Lipinski definition) is 3. The lowest BCUT2D eigenvalue weighted by atomic mass is 10.0. The molecule has 0 aliphatic rings. The topological polar surface area (TPSA) is 38.7 Å². The molecule has 19 heavy (non-hydrogen) atoms. The highest BCUT2D eigenvalue weighted by Crippen LogP contribution is 2.37. The van der Waals surface area contributed by atoms with Crippen LogP contribution >= 0.6 is 0 Å². The molecule has 1 atom stereocenters. The van der Waals surface area contributed by atoms with Crippen LogP contribution < -0.4 is 9.47 Å². The molecular weight excluding hydrogens is 240 g/mol. The summed E-state index contributed by atoms with van der Waals surface area (Å²) in [6, 6.07) is 15.0. The van der Waals surface area contributed by atoms with Gasteiger partial charge >= 0.3 is 0 Å². The minimum atomic E-state index is -0.725. The van der Waals surface area contributed by atoms with Crippen molar-refractivity contribution in [1.82, 2.24) is 0 Å². The van der Waals surface area contributed by atoms with E-state index in [1.54, 1.807) is 7.11 Å². The molecule has 0 saturated heterocycles. The number of benzene rings is 2. The molecule has 3 nitrogen and oxygen atoms in total. The molecule has 0 radical (unpaired) electrons. The fraction of sp³-hybridized carbons (Fsp3) is 0.250. The van der Waals surface area contributed by atoms with Crippen LogP contribution in [-0.4, -0.2) is 18.8 Å². The maximum absolute atomic E-state index is 10.5. The van der Waals surface area contributed by atoms with Gasteiger partial charge in [-0.3, -0.25) is 0 Å². The highest BCUT2D eigenvalue weighted by Gasteiger charge is 2.18. The second-order valence-corrected chi connectivity index (χ2v) is 4.12. The lowest BCUT2D eigenvalue weighted by Gasteiger charge is -2.17. The van der Waals surface area contributed by atoms with Gasteiger partial charge in [-0.05, 0) is 18.6 Å². The third-order valence-electron chi connectivity index (χ3n) is 2.92. The van der Waals surface area contributed by atoms with Crippen molar-refractivity contribution in [2.45, 2.75) is 13.0 Å². The Bertz CT molecular complexity index is 523. The molecule has 0 aromatic heterocycles. The van der Waals surface area contributed by atoms with Crippen LogP contribution in [0, 0.1) is 0 Å². The van der Waals surface area contributed by atoms with Crippen LogP contribution in [0.5, 0.6) is 11.5 Å². The van der Waals surface area contributed by atoms with Gasteiger partial charge in [0.2, 0.25) is 0 Å². The van der Waals surface area contributed by atoms with Crippen LogP contribution in [0.4, 0.5) is 0 Å². The van der Waals surface area contributed by atoms with Crippen LogP contribution in [0.25, 0.3) is 0 Å². The molecule has 2 rings (SSSR count). The van der Waals surface area contributed by atoms with E-state index in [1.807, 2.05) is 55.5 Å². The molecule has 2 aromatic rings. The van der Waals surface area contributed by atoms with Crippen LogP contribution in [0.3, 0.4) is 0 Å². The maximum Gasteiger partial charge on any atom is 0.166 e. The van der Waals surface area contributed by atoms with Crippen molar-refractivity contribution in [3.8, 4) is 11.5 Å². The zero-order valence-electron chi connectivity index (χ0n) is 11.2. The molecule has 3 heteroatoms. The van der Waals surface area contributed by atoms with E-state index in [0.717, 1.165) is 5.56 Å². The zero-order valence-corrected chi connectivity index (χ0v) is 11.2. The minimum absolute atomic E-state index is 0.557. The number of ether oxygens (including phenoxy) is 2. The van der Waals surface area contributed by atoms with Gasteiger partial charge in [-0.2, -0.15) is 0 Å². The van der Waals surface area contributed by atoms with Crippen molar-refractivity contribution in [3.05, 3.63) is 59.7 Å². The van der Waals surface area contributed by atoms with E-state index >= 15 is 0 Å². The summed E-state index contributed by atoms with van der Waals surface area (Å²) >= 11 is 0. The first-order chi connectivity index (χ1) is 9.27. The molecule has 1 N–H and O–H groups in total. The summed E-state index contributed by atoms with van der Waals surface area (Å²) in [6.45, 7) is 2.47. The van der Waals surface area contributed by atoms with E-state index < -0.39 is 6.10 Å². The van der Waals surface area contributed by atoms with E-state index in [9.17, 15) is 5.11 Å². The molecule has 2 aromatic carbocycles. The quantitative estimate of drug-likeness (QED) is 0.895. The van der Waals surface area contributed by atoms with Crippen molar-refractivity contribution in [1.29, 1.82) is 0 Å². The van der Waals surface area contributed by atoms with Gasteiger partial charge in [0, 0.05) is 5.56 Å². The van der Waals surface area contributed by atoms with Crippen LogP contribution in [0.2, 0.25) is 0 Å². The fourth-order valence-corrected chi connectivity index (χ4v) is 2.05. The summed E-state index contributed by atoms with van der Waals surface area (Å²) in [7, 11) is 1.58. The summed E-state index contributed by atoms with van der Waals surface area (Å²) in [5.41, 5.74) is 1.54. The monoisotopic (exact) mass is 258 g/mol. The molecule has 0 spiro atoms. The van der Waals surface area contributed by atoms with Crippen LogP contribution in [-0.2, 0) is 0 Å². The van der Waals surface area contributed by atoms with Gasteiger partial charge in [0.1, 0.15) is 6.10 Å². The summed E-state index contributed by atoms with van der Waals surface area (Å²) in [6.07, 6.45) is -0.725. The third-order valence-corrected chi connectivity index (χ3v) is 2.92. The van der Waals surface area contributed by atoms with Gasteiger partial charge in [-0.15, -0.1) is 0 Å². The van der Waals surface area contributed by atoms with Crippen molar-refractivity contribution in [3.63, 3.8) is 0 Å². The van der Waals surface area contributed by atoms with Crippen molar-refractivity contribution >= 4 is 0 Å². The summed E-state index contributed by atoms with van der Waals surface area (Å²) in [5, 5.41) is 10.5. The van der Waals surface area contributed by atoms with E-state index in [-0.39, 0.29) is 0 Å². The van der Waals surface area contributed by atoms with Crippen molar-refractivity contribution < 1.29 is 14.6 Å².